The molecule has 0 aliphatic heterocycles. The topological polar surface area (TPSA) is 42.0 Å². The molecule has 0 aromatic carbocycles. The van der Waals surface area contributed by atoms with Crippen molar-refractivity contribution in [3.63, 3.8) is 0 Å². The minimum absolute atomic E-state index is 0.133. The van der Waals surface area contributed by atoms with Crippen LogP contribution in [0.15, 0.2) is 22.2 Å². The van der Waals surface area contributed by atoms with Gasteiger partial charge in [0.15, 0.2) is 5.13 Å². The summed E-state index contributed by atoms with van der Waals surface area (Å²) in [6, 6.07) is 1.77. The van der Waals surface area contributed by atoms with Crippen LogP contribution in [0, 0.1) is 0 Å². The molecule has 0 unspecified atom stereocenters. The van der Waals surface area contributed by atoms with E-state index in [1.807, 2.05) is 10.8 Å². The van der Waals surface area contributed by atoms with Crippen molar-refractivity contribution in [1.82, 2.24) is 4.98 Å². The van der Waals surface area contributed by atoms with E-state index in [0.29, 0.717) is 16.6 Å². The van der Waals surface area contributed by atoms with E-state index >= 15 is 0 Å². The van der Waals surface area contributed by atoms with Crippen LogP contribution in [0.2, 0.25) is 0 Å². The molecule has 0 radical (unpaired) electrons. The van der Waals surface area contributed by atoms with Crippen LogP contribution in [-0.2, 0) is 5.88 Å². The Hall–Kier alpha value is -0.910. The summed E-state index contributed by atoms with van der Waals surface area (Å²) in [7, 11) is 0. The Morgan fingerprint density at radius 1 is 1.53 bits per heavy atom. The number of nitrogens with zero attached hydrogens (tertiary/aromatic N) is 1. The zero-order valence-corrected chi connectivity index (χ0v) is 9.96. The molecule has 0 fully saturated rings. The molecular formula is C9H7ClN2OS2. The third kappa shape index (κ3) is 2.56. The van der Waals surface area contributed by atoms with Crippen LogP contribution in [0.5, 0.6) is 0 Å². The van der Waals surface area contributed by atoms with Gasteiger partial charge < -0.3 is 0 Å². The second-order valence-electron chi connectivity index (χ2n) is 2.74. The lowest BCUT2D eigenvalue weighted by Gasteiger charge is -1.97. The van der Waals surface area contributed by atoms with Crippen molar-refractivity contribution in [1.29, 1.82) is 0 Å². The lowest BCUT2D eigenvalue weighted by molar-refractivity contribution is 0.102. The first-order chi connectivity index (χ1) is 7.29. The van der Waals surface area contributed by atoms with Gasteiger partial charge in [0.1, 0.15) is 0 Å². The van der Waals surface area contributed by atoms with Crippen molar-refractivity contribution < 1.29 is 4.79 Å². The van der Waals surface area contributed by atoms with Gasteiger partial charge in [-0.2, -0.15) is 11.3 Å². The van der Waals surface area contributed by atoms with Gasteiger partial charge in [-0.25, -0.2) is 4.98 Å². The summed E-state index contributed by atoms with van der Waals surface area (Å²) in [5.41, 5.74) is 1.44. The van der Waals surface area contributed by atoms with Crippen LogP contribution in [-0.4, -0.2) is 10.9 Å². The third-order valence-electron chi connectivity index (χ3n) is 1.69. The predicted molar refractivity (Wildman–Crippen MR) is 63.9 cm³/mol. The maximum atomic E-state index is 11.6. The van der Waals surface area contributed by atoms with E-state index in [4.69, 9.17) is 11.6 Å². The van der Waals surface area contributed by atoms with E-state index in [2.05, 4.69) is 10.3 Å². The molecule has 6 heteroatoms. The van der Waals surface area contributed by atoms with Gasteiger partial charge >= 0.3 is 0 Å². The molecule has 2 aromatic rings. The summed E-state index contributed by atoms with van der Waals surface area (Å²) in [6.07, 6.45) is 0. The predicted octanol–water partition coefficient (Wildman–Crippen LogP) is 3.20. The van der Waals surface area contributed by atoms with E-state index in [1.54, 1.807) is 11.4 Å². The molecule has 0 aliphatic rings. The van der Waals surface area contributed by atoms with Gasteiger partial charge in [-0.15, -0.1) is 22.9 Å². The number of rotatable bonds is 3. The number of anilines is 1. The average molecular weight is 259 g/mol. The molecule has 2 aromatic heterocycles. The minimum atomic E-state index is -0.133. The number of aromatic nitrogens is 1. The van der Waals surface area contributed by atoms with Crippen LogP contribution in [0.4, 0.5) is 5.13 Å². The molecule has 0 spiro atoms. The largest absolute Gasteiger partial charge is 0.298 e. The number of thiophene rings is 1. The zero-order chi connectivity index (χ0) is 10.7. The van der Waals surface area contributed by atoms with Crippen molar-refractivity contribution in [2.45, 2.75) is 5.88 Å². The van der Waals surface area contributed by atoms with E-state index in [1.165, 1.54) is 22.7 Å². The first-order valence-electron chi connectivity index (χ1n) is 4.13. The Labute approximate surface area is 99.7 Å². The molecule has 0 saturated carbocycles. The van der Waals surface area contributed by atoms with Crippen LogP contribution in [0.1, 0.15) is 16.1 Å². The van der Waals surface area contributed by atoms with Crippen molar-refractivity contribution in [2.75, 3.05) is 5.32 Å². The SMILES string of the molecule is O=C(Nc1nc(CCl)cs1)c1ccsc1. The summed E-state index contributed by atoms with van der Waals surface area (Å²) in [6.45, 7) is 0. The molecule has 2 heterocycles. The Morgan fingerprint density at radius 2 is 2.40 bits per heavy atom. The summed E-state index contributed by atoms with van der Waals surface area (Å²) in [5, 5.41) is 8.79. The van der Waals surface area contributed by atoms with Gasteiger partial charge in [-0.1, -0.05) is 0 Å². The zero-order valence-electron chi connectivity index (χ0n) is 7.57. The Morgan fingerprint density at radius 3 is 3.00 bits per heavy atom. The Bertz CT molecular complexity index is 452. The van der Waals surface area contributed by atoms with Crippen molar-refractivity contribution in [2.24, 2.45) is 0 Å². The first kappa shape index (κ1) is 10.6. The van der Waals surface area contributed by atoms with Gasteiger partial charge in [0.05, 0.1) is 17.1 Å². The molecule has 0 bridgehead atoms. The molecule has 3 nitrogen and oxygen atoms in total. The van der Waals surface area contributed by atoms with Crippen molar-refractivity contribution in [3.8, 4) is 0 Å². The number of carbonyl (C=O) groups excluding carboxylic acids is 1. The second-order valence-corrected chi connectivity index (χ2v) is 4.65. The van der Waals surface area contributed by atoms with Crippen LogP contribution in [0.25, 0.3) is 0 Å². The van der Waals surface area contributed by atoms with Crippen molar-refractivity contribution in [3.05, 3.63) is 33.5 Å². The number of alkyl halides is 1. The maximum Gasteiger partial charge on any atom is 0.258 e. The van der Waals surface area contributed by atoms with Crippen LogP contribution in [0.3, 0.4) is 0 Å². The summed E-state index contributed by atoms with van der Waals surface area (Å²) >= 11 is 8.47. The summed E-state index contributed by atoms with van der Waals surface area (Å²) in [4.78, 5) is 15.7. The Kier molecular flexibility index (Phi) is 3.35. The number of carbonyl (C=O) groups is 1. The summed E-state index contributed by atoms with van der Waals surface area (Å²) in [5.74, 6) is 0.233. The van der Waals surface area contributed by atoms with Gasteiger partial charge in [-0.3, -0.25) is 10.1 Å². The smallest absolute Gasteiger partial charge is 0.258 e. The van der Waals surface area contributed by atoms with E-state index in [-0.39, 0.29) is 5.91 Å². The molecule has 1 amide bonds. The average Bonchev–Trinajstić information content (AvgIpc) is 2.87. The van der Waals surface area contributed by atoms with Crippen LogP contribution < -0.4 is 5.32 Å². The number of thiazole rings is 1. The van der Waals surface area contributed by atoms with Gasteiger partial charge in [0.2, 0.25) is 0 Å². The molecule has 0 saturated heterocycles. The van der Waals surface area contributed by atoms with Crippen molar-refractivity contribution >= 4 is 45.3 Å². The first-order valence-corrected chi connectivity index (χ1v) is 6.49. The van der Waals surface area contributed by atoms with E-state index < -0.39 is 0 Å². The number of hydrogen-bond donors (Lipinski definition) is 1. The fourth-order valence-corrected chi connectivity index (χ4v) is 2.56. The van der Waals surface area contributed by atoms with E-state index in [0.717, 1.165) is 5.69 Å². The third-order valence-corrected chi connectivity index (χ3v) is 3.46. The number of hydrogen-bond acceptors (Lipinski definition) is 4. The van der Waals surface area contributed by atoms with Gasteiger partial charge in [0.25, 0.3) is 5.91 Å². The minimum Gasteiger partial charge on any atom is -0.298 e. The van der Waals surface area contributed by atoms with Gasteiger partial charge in [-0.05, 0) is 11.4 Å². The monoisotopic (exact) mass is 258 g/mol. The Balaban J connectivity index is 2.06. The fraction of sp³-hybridized carbons (Fsp3) is 0.111. The standard InChI is InChI=1S/C9H7ClN2OS2/c10-3-7-5-15-9(11-7)12-8(13)6-1-2-14-4-6/h1-2,4-5H,3H2,(H,11,12,13). The molecule has 0 aliphatic carbocycles. The van der Waals surface area contributed by atoms with Gasteiger partial charge in [0, 0.05) is 10.8 Å². The fourth-order valence-electron chi connectivity index (χ4n) is 0.989. The molecule has 15 heavy (non-hydrogen) atoms. The van der Waals surface area contributed by atoms with E-state index in [9.17, 15) is 4.79 Å². The highest BCUT2D eigenvalue weighted by molar-refractivity contribution is 7.14. The highest BCUT2D eigenvalue weighted by Gasteiger charge is 2.08. The quantitative estimate of drug-likeness (QED) is 0.859. The molecule has 2 rings (SSSR count). The molecule has 1 N–H and O–H groups in total. The van der Waals surface area contributed by atoms with Crippen LogP contribution >= 0.6 is 34.3 Å². The summed E-state index contributed by atoms with van der Waals surface area (Å²) < 4.78 is 0. The lowest BCUT2D eigenvalue weighted by atomic mass is 10.3. The molecule has 78 valence electrons. The molecular weight excluding hydrogens is 252 g/mol. The number of amides is 1. The highest BCUT2D eigenvalue weighted by Crippen LogP contribution is 2.18. The number of halogens is 1. The second kappa shape index (κ2) is 4.74. The normalized spacial score (nSPS) is 10.2. The highest BCUT2D eigenvalue weighted by atomic mass is 35.5. The lowest BCUT2D eigenvalue weighted by Crippen LogP contribution is -2.10. The molecule has 0 atom stereocenters. The number of nitrogens with one attached hydrogen (secondary N) is 1. The maximum absolute atomic E-state index is 11.6.